The molecule has 1 amide bonds. The van der Waals surface area contributed by atoms with Gasteiger partial charge in [-0.25, -0.2) is 0 Å². The van der Waals surface area contributed by atoms with E-state index in [1.54, 1.807) is 0 Å². The van der Waals surface area contributed by atoms with E-state index in [2.05, 4.69) is 4.90 Å². The Kier molecular flexibility index (Phi) is 6.46. The molecule has 0 bridgehead atoms. The highest BCUT2D eigenvalue weighted by molar-refractivity contribution is 5.79. The molecule has 25 heavy (non-hydrogen) atoms. The Morgan fingerprint density at radius 3 is 2.32 bits per heavy atom. The summed E-state index contributed by atoms with van der Waals surface area (Å²) < 4.78 is 37.8. The molecule has 1 saturated heterocycles. The molecule has 1 heterocycles. The second-order valence-corrected chi connectivity index (χ2v) is 6.80. The quantitative estimate of drug-likeness (QED) is 0.901. The highest BCUT2D eigenvalue weighted by Gasteiger charge is 2.30. The van der Waals surface area contributed by atoms with E-state index in [4.69, 9.17) is 5.73 Å². The van der Waals surface area contributed by atoms with E-state index in [0.717, 1.165) is 30.7 Å². The summed E-state index contributed by atoms with van der Waals surface area (Å²) in [4.78, 5) is 16.4. The topological polar surface area (TPSA) is 49.6 Å². The molecule has 1 fully saturated rings. The fourth-order valence-corrected chi connectivity index (χ4v) is 2.92. The number of nitrogens with zero attached hydrogens (tertiary/aromatic N) is 2. The van der Waals surface area contributed by atoms with Crippen molar-refractivity contribution in [3.05, 3.63) is 35.4 Å². The maximum absolute atomic E-state index is 12.6. The van der Waals surface area contributed by atoms with E-state index in [-0.39, 0.29) is 17.9 Å². The van der Waals surface area contributed by atoms with Crippen LogP contribution in [0.5, 0.6) is 0 Å². The first kappa shape index (κ1) is 19.7. The Balaban J connectivity index is 1.92. The van der Waals surface area contributed by atoms with Gasteiger partial charge in [-0.05, 0) is 31.0 Å². The summed E-state index contributed by atoms with van der Waals surface area (Å²) in [7, 11) is 0. The Hall–Kier alpha value is -1.60. The van der Waals surface area contributed by atoms with Crippen LogP contribution >= 0.6 is 0 Å². The summed E-state index contributed by atoms with van der Waals surface area (Å²) in [6, 6.07) is 5.10. The minimum Gasteiger partial charge on any atom is -0.341 e. The third-order valence-electron chi connectivity index (χ3n) is 4.77. The van der Waals surface area contributed by atoms with Crippen LogP contribution in [-0.2, 0) is 17.5 Å². The summed E-state index contributed by atoms with van der Waals surface area (Å²) in [5, 5.41) is 0. The van der Waals surface area contributed by atoms with Crippen molar-refractivity contribution in [2.45, 2.75) is 39.0 Å². The average Bonchev–Trinajstić information content (AvgIpc) is 2.78. The Labute approximate surface area is 146 Å². The molecule has 7 heteroatoms. The molecule has 0 spiro atoms. The zero-order valence-corrected chi connectivity index (χ0v) is 14.7. The predicted octanol–water partition coefficient (Wildman–Crippen LogP) is 2.72. The van der Waals surface area contributed by atoms with Crippen molar-refractivity contribution in [1.82, 2.24) is 9.80 Å². The predicted molar refractivity (Wildman–Crippen MR) is 90.7 cm³/mol. The Bertz CT molecular complexity index is 572. The lowest BCUT2D eigenvalue weighted by Gasteiger charge is -2.26. The van der Waals surface area contributed by atoms with Gasteiger partial charge in [0.25, 0.3) is 0 Å². The van der Waals surface area contributed by atoms with Gasteiger partial charge >= 0.3 is 6.18 Å². The lowest BCUT2D eigenvalue weighted by Crippen LogP contribution is -2.43. The minimum absolute atomic E-state index is 0.0754. The third-order valence-corrected chi connectivity index (χ3v) is 4.77. The van der Waals surface area contributed by atoms with Crippen molar-refractivity contribution in [2.75, 3.05) is 26.2 Å². The van der Waals surface area contributed by atoms with Gasteiger partial charge in [-0.15, -0.1) is 0 Å². The second kappa shape index (κ2) is 8.19. The van der Waals surface area contributed by atoms with Crippen LogP contribution in [0.25, 0.3) is 0 Å². The monoisotopic (exact) mass is 357 g/mol. The molecule has 2 rings (SSSR count). The number of carbonyl (C=O) groups is 1. The summed E-state index contributed by atoms with van der Waals surface area (Å²) >= 11 is 0. The lowest BCUT2D eigenvalue weighted by molar-refractivity contribution is -0.137. The summed E-state index contributed by atoms with van der Waals surface area (Å²) in [6.07, 6.45) is -3.46. The van der Waals surface area contributed by atoms with Crippen molar-refractivity contribution in [3.63, 3.8) is 0 Å². The minimum atomic E-state index is -4.31. The van der Waals surface area contributed by atoms with E-state index in [1.807, 2.05) is 18.7 Å². The van der Waals surface area contributed by atoms with Crippen molar-refractivity contribution >= 4 is 5.91 Å². The van der Waals surface area contributed by atoms with Gasteiger partial charge in [-0.3, -0.25) is 9.69 Å². The standard InChI is InChI=1S/C18H26F3N3O/c1-13(14(2)22)17(25)24-9-3-8-23(10-11-24)12-15-4-6-16(7-5-15)18(19,20)21/h4-7,13-14H,3,8-12,22H2,1-2H3. The number of nitrogens with two attached hydrogens (primary N) is 1. The van der Waals surface area contributed by atoms with Crippen molar-refractivity contribution in [3.8, 4) is 0 Å². The normalized spacial score (nSPS) is 19.4. The largest absolute Gasteiger partial charge is 0.416 e. The Morgan fingerprint density at radius 2 is 1.76 bits per heavy atom. The maximum atomic E-state index is 12.6. The lowest BCUT2D eigenvalue weighted by atomic mass is 10.0. The highest BCUT2D eigenvalue weighted by atomic mass is 19.4. The van der Waals surface area contributed by atoms with Gasteiger partial charge in [0.2, 0.25) is 5.91 Å². The van der Waals surface area contributed by atoms with Crippen LogP contribution in [0.2, 0.25) is 0 Å². The molecule has 2 N–H and O–H groups in total. The number of alkyl halides is 3. The number of hydrogen-bond acceptors (Lipinski definition) is 3. The number of rotatable bonds is 4. The number of halogens is 3. The zero-order valence-electron chi connectivity index (χ0n) is 14.7. The van der Waals surface area contributed by atoms with Crippen molar-refractivity contribution in [1.29, 1.82) is 0 Å². The SMILES string of the molecule is CC(N)C(C)C(=O)N1CCCN(Cc2ccc(C(F)(F)F)cc2)CC1. The molecule has 1 aromatic rings. The van der Waals surface area contributed by atoms with Crippen LogP contribution in [0, 0.1) is 5.92 Å². The average molecular weight is 357 g/mol. The molecule has 0 aromatic heterocycles. The molecule has 4 nitrogen and oxygen atoms in total. The second-order valence-electron chi connectivity index (χ2n) is 6.80. The first-order valence-corrected chi connectivity index (χ1v) is 8.61. The fraction of sp³-hybridized carbons (Fsp3) is 0.611. The molecule has 0 saturated carbocycles. The summed E-state index contributed by atoms with van der Waals surface area (Å²) in [5.41, 5.74) is 6.03. The van der Waals surface area contributed by atoms with E-state index < -0.39 is 11.7 Å². The van der Waals surface area contributed by atoms with Crippen LogP contribution in [0.15, 0.2) is 24.3 Å². The maximum Gasteiger partial charge on any atom is 0.416 e. The molecule has 2 atom stereocenters. The molecule has 2 unspecified atom stereocenters. The van der Waals surface area contributed by atoms with Gasteiger partial charge in [0.15, 0.2) is 0 Å². The van der Waals surface area contributed by atoms with Gasteiger partial charge in [0.1, 0.15) is 0 Å². The highest BCUT2D eigenvalue weighted by Crippen LogP contribution is 2.29. The van der Waals surface area contributed by atoms with Gasteiger partial charge in [-0.1, -0.05) is 19.1 Å². The fourth-order valence-electron chi connectivity index (χ4n) is 2.92. The van der Waals surface area contributed by atoms with Crippen LogP contribution in [0.4, 0.5) is 13.2 Å². The smallest absolute Gasteiger partial charge is 0.341 e. The van der Waals surface area contributed by atoms with Crippen molar-refractivity contribution in [2.24, 2.45) is 11.7 Å². The molecule has 140 valence electrons. The van der Waals surface area contributed by atoms with Crippen LogP contribution < -0.4 is 5.73 Å². The van der Waals surface area contributed by atoms with Crippen molar-refractivity contribution < 1.29 is 18.0 Å². The molecule has 1 aliphatic rings. The van der Waals surface area contributed by atoms with E-state index >= 15 is 0 Å². The van der Waals surface area contributed by atoms with E-state index in [1.165, 1.54) is 12.1 Å². The number of hydrogen-bond donors (Lipinski definition) is 1. The summed E-state index contributed by atoms with van der Waals surface area (Å²) in [6.45, 7) is 7.10. The van der Waals surface area contributed by atoms with Crippen LogP contribution in [0.1, 0.15) is 31.4 Å². The van der Waals surface area contributed by atoms with E-state index in [0.29, 0.717) is 26.2 Å². The number of amides is 1. The third kappa shape index (κ3) is 5.44. The zero-order chi connectivity index (χ0) is 18.6. The summed E-state index contributed by atoms with van der Waals surface area (Å²) in [5.74, 6) is -0.132. The molecular formula is C18H26F3N3O. The molecule has 1 aliphatic heterocycles. The van der Waals surface area contributed by atoms with Gasteiger partial charge in [0, 0.05) is 38.8 Å². The first-order valence-electron chi connectivity index (χ1n) is 8.61. The van der Waals surface area contributed by atoms with E-state index in [9.17, 15) is 18.0 Å². The van der Waals surface area contributed by atoms with Crippen LogP contribution in [-0.4, -0.2) is 47.9 Å². The van der Waals surface area contributed by atoms with Gasteiger partial charge in [-0.2, -0.15) is 13.2 Å². The molecule has 1 aromatic carbocycles. The van der Waals surface area contributed by atoms with Gasteiger partial charge in [0.05, 0.1) is 11.5 Å². The number of benzene rings is 1. The number of carbonyl (C=O) groups excluding carboxylic acids is 1. The molecule has 0 radical (unpaired) electrons. The molecule has 0 aliphatic carbocycles. The Morgan fingerprint density at radius 1 is 1.12 bits per heavy atom. The van der Waals surface area contributed by atoms with Crippen LogP contribution in [0.3, 0.4) is 0 Å². The van der Waals surface area contributed by atoms with Gasteiger partial charge < -0.3 is 10.6 Å². The molecular weight excluding hydrogens is 331 g/mol. The first-order chi connectivity index (χ1) is 11.7.